The Kier molecular flexibility index (Phi) is 8.42. The molecule has 1 aliphatic carbocycles. The van der Waals surface area contributed by atoms with E-state index in [0.29, 0.717) is 12.3 Å². The van der Waals surface area contributed by atoms with E-state index in [4.69, 9.17) is 10.7 Å². The average Bonchev–Trinajstić information content (AvgIpc) is 3.51. The maximum absolute atomic E-state index is 7.04. The van der Waals surface area contributed by atoms with E-state index in [9.17, 15) is 0 Å². The van der Waals surface area contributed by atoms with Crippen molar-refractivity contribution in [3.05, 3.63) is 222 Å². The van der Waals surface area contributed by atoms with Gasteiger partial charge in [-0.05, 0) is 88.8 Å². The molecule has 2 nitrogen and oxygen atoms in total. The molecule has 0 radical (unpaired) electrons. The molecule has 0 saturated carbocycles. The van der Waals surface area contributed by atoms with Crippen LogP contribution < -0.4 is 5.73 Å². The fourth-order valence-electron chi connectivity index (χ4n) is 9.19. The van der Waals surface area contributed by atoms with Gasteiger partial charge in [0.25, 0.3) is 0 Å². The van der Waals surface area contributed by atoms with Crippen LogP contribution in [0.4, 0.5) is 0 Å². The van der Waals surface area contributed by atoms with Crippen molar-refractivity contribution in [2.45, 2.75) is 25.7 Å². The van der Waals surface area contributed by atoms with Crippen molar-refractivity contribution in [2.75, 3.05) is 0 Å². The highest BCUT2D eigenvalue weighted by molar-refractivity contribution is 6.13. The molecule has 0 aliphatic heterocycles. The summed E-state index contributed by atoms with van der Waals surface area (Å²) in [5, 5.41) is 7.11. The van der Waals surface area contributed by atoms with Gasteiger partial charge in [0.1, 0.15) is 5.84 Å². The molecular weight excluding hydrogens is 689 g/mol. The monoisotopic (exact) mass is 730 g/mol. The van der Waals surface area contributed by atoms with E-state index in [-0.39, 0.29) is 5.41 Å². The van der Waals surface area contributed by atoms with Crippen molar-refractivity contribution < 1.29 is 0 Å². The lowest BCUT2D eigenvalue weighted by Gasteiger charge is -2.22. The molecule has 0 unspecified atom stereocenters. The van der Waals surface area contributed by atoms with Crippen molar-refractivity contribution in [2.24, 2.45) is 10.7 Å². The van der Waals surface area contributed by atoms with Gasteiger partial charge >= 0.3 is 0 Å². The summed E-state index contributed by atoms with van der Waals surface area (Å²) in [4.78, 5) is 5.33. The maximum atomic E-state index is 7.04. The molecule has 0 atom stereocenters. The summed E-state index contributed by atoms with van der Waals surface area (Å²) < 4.78 is 0. The highest BCUT2D eigenvalue weighted by atomic mass is 14.9. The molecule has 272 valence electrons. The maximum Gasteiger partial charge on any atom is 0.131 e. The van der Waals surface area contributed by atoms with Crippen molar-refractivity contribution in [3.63, 3.8) is 0 Å². The highest BCUT2D eigenvalue weighted by Gasteiger charge is 2.38. The van der Waals surface area contributed by atoms with Gasteiger partial charge < -0.3 is 5.73 Å². The quantitative estimate of drug-likeness (QED) is 0.129. The molecule has 0 amide bonds. The normalized spacial score (nSPS) is 13.6. The molecule has 2 heteroatoms. The molecule has 0 heterocycles. The van der Waals surface area contributed by atoms with Gasteiger partial charge in [0, 0.05) is 16.5 Å². The predicted octanol–water partition coefficient (Wildman–Crippen LogP) is 13.8. The van der Waals surface area contributed by atoms with Crippen LogP contribution in [0, 0.1) is 0 Å². The molecule has 0 fully saturated rings. The zero-order valence-corrected chi connectivity index (χ0v) is 32.2. The molecule has 9 aromatic rings. The molecule has 0 spiro atoms. The lowest BCUT2D eigenvalue weighted by atomic mass is 9.81. The fourth-order valence-corrected chi connectivity index (χ4v) is 9.19. The van der Waals surface area contributed by atoms with Gasteiger partial charge in [0.15, 0.2) is 0 Å². The first-order valence-corrected chi connectivity index (χ1v) is 19.8. The Morgan fingerprint density at radius 3 is 1.91 bits per heavy atom. The van der Waals surface area contributed by atoms with Crippen LogP contribution in [0.25, 0.3) is 71.4 Å². The van der Waals surface area contributed by atoms with E-state index in [2.05, 4.69) is 208 Å². The first kappa shape index (κ1) is 34.5. The Morgan fingerprint density at radius 1 is 0.474 bits per heavy atom. The van der Waals surface area contributed by atoms with Crippen molar-refractivity contribution in [3.8, 4) is 33.4 Å². The zero-order chi connectivity index (χ0) is 38.5. The standard InChI is InChI=1S/C55H42N2/c1-55(2)49-29-15-27-47(53(49)52-42-24-11-8-20-39(42)30-34-50(52)55)45-32-33-46(44-26-13-12-25-43(44)45)51(57-54(56)48-28-14-21-37-18-7-10-23-41(37)48)35-31-38-19-6-9-22-40(38)36-16-4-3-5-17-36/h3-30,32-35H,31H2,1-2H3,(H2,56,57)/b51-35-. The third-order valence-electron chi connectivity index (χ3n) is 12.0. The van der Waals surface area contributed by atoms with Gasteiger partial charge in [0.05, 0.1) is 5.70 Å². The summed E-state index contributed by atoms with van der Waals surface area (Å²) in [5.41, 5.74) is 21.3. The van der Waals surface area contributed by atoms with Crippen LogP contribution >= 0.6 is 0 Å². The number of nitrogens with two attached hydrogens (primary N) is 1. The fraction of sp³-hybridized carbons (Fsp3) is 0.0727. The number of fused-ring (bicyclic) bond motifs is 7. The number of nitrogens with zero attached hydrogens (tertiary/aromatic N) is 1. The molecule has 9 aromatic carbocycles. The van der Waals surface area contributed by atoms with Gasteiger partial charge in [-0.2, -0.15) is 0 Å². The van der Waals surface area contributed by atoms with Crippen LogP contribution in [-0.4, -0.2) is 5.84 Å². The Hall–Kier alpha value is -7.03. The lowest BCUT2D eigenvalue weighted by molar-refractivity contribution is 0.661. The Labute approximate surface area is 334 Å². The van der Waals surface area contributed by atoms with Crippen molar-refractivity contribution >= 4 is 43.9 Å². The lowest BCUT2D eigenvalue weighted by Crippen LogP contribution is -2.14. The van der Waals surface area contributed by atoms with Crippen LogP contribution in [0.3, 0.4) is 0 Å². The summed E-state index contributed by atoms with van der Waals surface area (Å²) in [5.74, 6) is 0.495. The van der Waals surface area contributed by atoms with Crippen LogP contribution in [0.15, 0.2) is 199 Å². The van der Waals surface area contributed by atoms with E-state index in [0.717, 1.165) is 33.0 Å². The van der Waals surface area contributed by atoms with E-state index in [1.54, 1.807) is 0 Å². The van der Waals surface area contributed by atoms with E-state index in [1.807, 2.05) is 0 Å². The van der Waals surface area contributed by atoms with Crippen LogP contribution in [-0.2, 0) is 11.8 Å². The zero-order valence-electron chi connectivity index (χ0n) is 32.2. The summed E-state index contributed by atoms with van der Waals surface area (Å²) >= 11 is 0. The number of amidine groups is 1. The second-order valence-corrected chi connectivity index (χ2v) is 15.6. The Bertz CT molecular complexity index is 3070. The molecule has 0 saturated heterocycles. The largest absolute Gasteiger partial charge is 0.383 e. The Morgan fingerprint density at radius 2 is 1.09 bits per heavy atom. The average molecular weight is 731 g/mol. The van der Waals surface area contributed by atoms with Crippen LogP contribution in [0.1, 0.15) is 41.7 Å². The first-order valence-electron chi connectivity index (χ1n) is 19.8. The molecule has 57 heavy (non-hydrogen) atoms. The summed E-state index contributed by atoms with van der Waals surface area (Å²) in [6.07, 6.45) is 2.94. The summed E-state index contributed by atoms with van der Waals surface area (Å²) in [7, 11) is 0. The number of benzene rings is 9. The molecule has 2 N–H and O–H groups in total. The highest BCUT2D eigenvalue weighted by Crippen LogP contribution is 2.55. The van der Waals surface area contributed by atoms with Gasteiger partial charge in [0.2, 0.25) is 0 Å². The van der Waals surface area contributed by atoms with Crippen molar-refractivity contribution in [1.29, 1.82) is 0 Å². The van der Waals surface area contributed by atoms with Gasteiger partial charge in [-0.1, -0.05) is 208 Å². The number of allylic oxidation sites excluding steroid dienone is 1. The first-order chi connectivity index (χ1) is 28.0. The predicted molar refractivity (Wildman–Crippen MR) is 243 cm³/mol. The minimum absolute atomic E-state index is 0.125. The Balaban J connectivity index is 1.17. The van der Waals surface area contributed by atoms with Crippen LogP contribution in [0.2, 0.25) is 0 Å². The van der Waals surface area contributed by atoms with Gasteiger partial charge in [-0.25, -0.2) is 4.99 Å². The molecule has 1 aliphatic rings. The smallest absolute Gasteiger partial charge is 0.131 e. The number of hydrogen-bond donors (Lipinski definition) is 1. The van der Waals surface area contributed by atoms with Crippen molar-refractivity contribution in [1.82, 2.24) is 0 Å². The number of hydrogen-bond acceptors (Lipinski definition) is 1. The third kappa shape index (κ3) is 5.84. The summed E-state index contributed by atoms with van der Waals surface area (Å²) in [6.45, 7) is 4.73. The summed E-state index contributed by atoms with van der Waals surface area (Å²) in [6, 6.07) is 67.5. The molecular formula is C55H42N2. The number of rotatable bonds is 7. The number of aliphatic imine (C=N–C) groups is 1. The second-order valence-electron chi connectivity index (χ2n) is 15.6. The minimum atomic E-state index is -0.125. The molecule has 0 aromatic heterocycles. The minimum Gasteiger partial charge on any atom is -0.383 e. The van der Waals surface area contributed by atoms with Crippen LogP contribution in [0.5, 0.6) is 0 Å². The van der Waals surface area contributed by atoms with E-state index >= 15 is 0 Å². The topological polar surface area (TPSA) is 38.4 Å². The van der Waals surface area contributed by atoms with Gasteiger partial charge in [-0.3, -0.25) is 0 Å². The van der Waals surface area contributed by atoms with E-state index in [1.165, 1.54) is 66.2 Å². The second kappa shape index (κ2) is 13.9. The molecule has 0 bridgehead atoms. The molecule has 10 rings (SSSR count). The third-order valence-corrected chi connectivity index (χ3v) is 12.0. The van der Waals surface area contributed by atoms with Gasteiger partial charge in [-0.15, -0.1) is 0 Å². The van der Waals surface area contributed by atoms with E-state index < -0.39 is 0 Å². The SMILES string of the molecule is CC1(C)c2cccc(-c3ccc(/C(=C/Cc4ccccc4-c4ccccc4)N=C(N)c4cccc5ccccc45)c4ccccc34)c2-c2c1ccc1ccccc21.